The summed E-state index contributed by atoms with van der Waals surface area (Å²) in [4.78, 5) is 24.9. The average molecular weight is 385 g/mol. The van der Waals surface area contributed by atoms with Crippen LogP contribution in [0.25, 0.3) is 0 Å². The first-order chi connectivity index (χ1) is 12.4. The average Bonchev–Trinajstić information content (AvgIpc) is 2.83. The molecule has 1 aliphatic heterocycles. The van der Waals surface area contributed by atoms with Crippen LogP contribution < -0.4 is 0 Å². The number of hydrazine groups is 1. The van der Waals surface area contributed by atoms with E-state index in [-0.39, 0.29) is 18.9 Å². The molecule has 1 fully saturated rings. The van der Waals surface area contributed by atoms with Crippen molar-refractivity contribution in [3.63, 3.8) is 0 Å². The number of halogens is 1. The van der Waals surface area contributed by atoms with Crippen molar-refractivity contribution in [1.82, 2.24) is 10.0 Å². The van der Waals surface area contributed by atoms with Crippen LogP contribution in [-0.2, 0) is 14.3 Å². The fourth-order valence-corrected chi connectivity index (χ4v) is 2.90. The Hall–Kier alpha value is -1.95. The number of hydrogen-bond acceptors (Lipinski definition) is 4. The van der Waals surface area contributed by atoms with E-state index in [0.717, 1.165) is 24.8 Å². The molecule has 146 valence electrons. The van der Waals surface area contributed by atoms with Crippen molar-refractivity contribution in [2.24, 2.45) is 0 Å². The highest BCUT2D eigenvalue weighted by molar-refractivity contribution is 6.30. The first-order valence-corrected chi connectivity index (χ1v) is 9.28. The number of nitrogens with zero attached hydrogens (tertiary/aromatic N) is 2. The van der Waals surface area contributed by atoms with Crippen molar-refractivity contribution in [1.29, 1.82) is 0 Å². The van der Waals surface area contributed by atoms with E-state index in [1.807, 2.05) is 13.0 Å². The van der Waals surface area contributed by atoms with Crippen molar-refractivity contribution in [2.75, 3.05) is 26.8 Å². The molecule has 0 saturated carbocycles. The summed E-state index contributed by atoms with van der Waals surface area (Å²) >= 11 is 5.76. The minimum Gasteiger partial charge on any atom is -0.501 e. The zero-order valence-electron chi connectivity index (χ0n) is 15.9. The molecule has 0 aromatic heterocycles. The van der Waals surface area contributed by atoms with Gasteiger partial charge in [-0.3, -0.25) is 4.79 Å². The zero-order valence-corrected chi connectivity index (χ0v) is 16.7. The maximum atomic E-state index is 12.7. The Bertz CT molecular complexity index is 572. The topological polar surface area (TPSA) is 59.1 Å². The van der Waals surface area contributed by atoms with Gasteiger partial charge >= 0.3 is 6.09 Å². The Morgan fingerprint density at radius 1 is 1.12 bits per heavy atom. The Kier molecular flexibility index (Phi) is 9.88. The van der Waals surface area contributed by atoms with Crippen LogP contribution in [0, 0.1) is 0 Å². The molecule has 0 atom stereocenters. The fraction of sp³-hybridized carbons (Fsp3) is 0.579. The normalized spacial score (nSPS) is 16.2. The van der Waals surface area contributed by atoms with Gasteiger partial charge in [-0.15, -0.1) is 0 Å². The minimum atomic E-state index is -0.468. The van der Waals surface area contributed by atoms with E-state index < -0.39 is 6.09 Å². The van der Waals surface area contributed by atoms with Crippen LogP contribution in [0.15, 0.2) is 35.1 Å². The predicted octanol–water partition coefficient (Wildman–Crippen LogP) is 4.38. The van der Waals surface area contributed by atoms with Gasteiger partial charge in [0.25, 0.3) is 0 Å². The smallest absolute Gasteiger partial charge is 0.428 e. The van der Waals surface area contributed by atoms with Crippen LogP contribution in [-0.4, -0.2) is 48.8 Å². The highest BCUT2D eigenvalue weighted by Gasteiger charge is 2.28. The summed E-state index contributed by atoms with van der Waals surface area (Å²) in [6.45, 7) is 8.56. The molecule has 1 rings (SSSR count). The summed E-state index contributed by atoms with van der Waals surface area (Å²) in [5, 5.41) is 3.37. The Labute approximate surface area is 161 Å². The molecule has 1 aliphatic rings. The third-order valence-electron chi connectivity index (χ3n) is 3.92. The van der Waals surface area contributed by atoms with E-state index in [2.05, 4.69) is 6.58 Å². The van der Waals surface area contributed by atoms with Crippen LogP contribution in [0.1, 0.15) is 46.0 Å². The van der Waals surface area contributed by atoms with Gasteiger partial charge in [0.1, 0.15) is 0 Å². The molecule has 2 amide bonds. The molecule has 7 heteroatoms. The number of carbonyl (C=O) groups excluding carboxylic acids is 2. The molecule has 1 heterocycles. The summed E-state index contributed by atoms with van der Waals surface area (Å²) in [6.07, 6.45) is 6.46. The summed E-state index contributed by atoms with van der Waals surface area (Å²) < 4.78 is 10.4. The van der Waals surface area contributed by atoms with Crippen molar-refractivity contribution in [3.8, 4) is 0 Å². The van der Waals surface area contributed by atoms with Gasteiger partial charge in [-0.2, -0.15) is 0 Å². The van der Waals surface area contributed by atoms with E-state index in [1.165, 1.54) is 10.0 Å². The van der Waals surface area contributed by atoms with Crippen LogP contribution in [0.5, 0.6) is 0 Å². The first kappa shape index (κ1) is 22.1. The van der Waals surface area contributed by atoms with Crippen molar-refractivity contribution < 1.29 is 19.1 Å². The molecule has 0 aliphatic carbocycles. The maximum Gasteiger partial charge on any atom is 0.428 e. The second-order valence-corrected chi connectivity index (χ2v) is 6.54. The SMILES string of the molecule is C=C(Cl)/C=C(C)\C=C(/CCC(=O)N1CCCCCN1C(=O)OCC)OC. The molecular formula is C19H29ClN2O4. The van der Waals surface area contributed by atoms with Gasteiger partial charge < -0.3 is 9.47 Å². The molecule has 1 saturated heterocycles. The number of allylic oxidation sites excluding steroid dienone is 5. The summed E-state index contributed by atoms with van der Waals surface area (Å²) in [7, 11) is 1.57. The summed E-state index contributed by atoms with van der Waals surface area (Å²) in [6, 6.07) is 0. The molecule has 0 radical (unpaired) electrons. The van der Waals surface area contributed by atoms with Crippen molar-refractivity contribution in [2.45, 2.75) is 46.0 Å². The highest BCUT2D eigenvalue weighted by atomic mass is 35.5. The Morgan fingerprint density at radius 3 is 2.35 bits per heavy atom. The molecule has 0 N–H and O–H groups in total. The third-order valence-corrected chi connectivity index (χ3v) is 4.03. The molecule has 26 heavy (non-hydrogen) atoms. The van der Waals surface area contributed by atoms with Gasteiger partial charge in [0, 0.05) is 31.0 Å². The highest BCUT2D eigenvalue weighted by Crippen LogP contribution is 2.17. The molecule has 0 aromatic carbocycles. The van der Waals surface area contributed by atoms with Gasteiger partial charge in [-0.1, -0.05) is 18.2 Å². The van der Waals surface area contributed by atoms with E-state index in [4.69, 9.17) is 21.1 Å². The first-order valence-electron chi connectivity index (χ1n) is 8.90. The number of methoxy groups -OCH3 is 1. The van der Waals surface area contributed by atoms with E-state index >= 15 is 0 Å². The second kappa shape index (κ2) is 11.6. The van der Waals surface area contributed by atoms with E-state index in [0.29, 0.717) is 30.3 Å². The lowest BCUT2D eigenvalue weighted by Crippen LogP contribution is -2.49. The second-order valence-electron chi connectivity index (χ2n) is 6.05. The number of rotatable bonds is 7. The monoisotopic (exact) mass is 384 g/mol. The van der Waals surface area contributed by atoms with Crippen molar-refractivity contribution in [3.05, 3.63) is 35.1 Å². The minimum absolute atomic E-state index is 0.119. The lowest BCUT2D eigenvalue weighted by molar-refractivity contribution is -0.145. The van der Waals surface area contributed by atoms with Gasteiger partial charge in [0.05, 0.1) is 19.5 Å². The summed E-state index contributed by atoms with van der Waals surface area (Å²) in [5.74, 6) is 0.550. The molecule has 0 unspecified atom stereocenters. The largest absolute Gasteiger partial charge is 0.501 e. The standard InChI is InChI=1S/C19H29ClN2O4/c1-5-26-19(24)22-12-8-6-7-11-21(22)18(23)10-9-17(25-4)14-15(2)13-16(3)20/h13-14H,3,5-12H2,1-2,4H3/b15-13-,17-14+. The number of amides is 2. The Morgan fingerprint density at radius 2 is 1.77 bits per heavy atom. The number of ether oxygens (including phenoxy) is 2. The molecule has 6 nitrogen and oxygen atoms in total. The zero-order chi connectivity index (χ0) is 19.5. The van der Waals surface area contributed by atoms with Crippen LogP contribution >= 0.6 is 11.6 Å². The van der Waals surface area contributed by atoms with E-state index in [1.54, 1.807) is 20.1 Å². The maximum absolute atomic E-state index is 12.7. The summed E-state index contributed by atoms with van der Waals surface area (Å²) in [5.41, 5.74) is 0.886. The van der Waals surface area contributed by atoms with Gasteiger partial charge in [0.15, 0.2) is 0 Å². The lowest BCUT2D eigenvalue weighted by Gasteiger charge is -2.32. The van der Waals surface area contributed by atoms with Gasteiger partial charge in [0.2, 0.25) is 5.91 Å². The predicted molar refractivity (Wildman–Crippen MR) is 102 cm³/mol. The van der Waals surface area contributed by atoms with Crippen LogP contribution in [0.2, 0.25) is 0 Å². The van der Waals surface area contributed by atoms with Crippen molar-refractivity contribution >= 4 is 23.6 Å². The molecule has 0 spiro atoms. The van der Waals surface area contributed by atoms with Crippen LogP contribution in [0.4, 0.5) is 4.79 Å². The number of carbonyl (C=O) groups is 2. The lowest BCUT2D eigenvalue weighted by atomic mass is 10.2. The van der Waals surface area contributed by atoms with Gasteiger partial charge in [-0.05, 0) is 50.8 Å². The molecular weight excluding hydrogens is 356 g/mol. The molecule has 0 aromatic rings. The molecule has 0 bridgehead atoms. The number of hydrogen-bond donors (Lipinski definition) is 0. The van der Waals surface area contributed by atoms with Gasteiger partial charge in [-0.25, -0.2) is 14.8 Å². The van der Waals surface area contributed by atoms with Crippen LogP contribution in [0.3, 0.4) is 0 Å². The fourth-order valence-electron chi connectivity index (χ4n) is 2.72. The quantitative estimate of drug-likeness (QED) is 0.482. The Balaban J connectivity index is 2.77. The third kappa shape index (κ3) is 7.52. The van der Waals surface area contributed by atoms with E-state index in [9.17, 15) is 9.59 Å².